The highest BCUT2D eigenvalue weighted by atomic mass is 35.5. The molecule has 4 nitrogen and oxygen atoms in total. The Hall–Kier alpha value is -1.31. The molecule has 8 heteroatoms. The molecule has 150 valence electrons. The first-order valence-corrected chi connectivity index (χ1v) is 9.72. The summed E-state index contributed by atoms with van der Waals surface area (Å²) in [5.41, 5.74) is -0.989. The maximum absolute atomic E-state index is 12.9. The van der Waals surface area contributed by atoms with E-state index in [4.69, 9.17) is 11.6 Å². The highest BCUT2D eigenvalue weighted by molar-refractivity contribution is 6.33. The number of rotatable bonds is 3. The van der Waals surface area contributed by atoms with E-state index in [1.165, 1.54) is 0 Å². The summed E-state index contributed by atoms with van der Waals surface area (Å²) in [6, 6.07) is 3.29. The average molecular weight is 404 g/mol. The minimum Gasteiger partial charge on any atom is -0.348 e. The lowest BCUT2D eigenvalue weighted by molar-refractivity contribution is -0.137. The monoisotopic (exact) mass is 403 g/mol. The van der Waals surface area contributed by atoms with E-state index < -0.39 is 17.6 Å². The molecule has 27 heavy (non-hydrogen) atoms. The van der Waals surface area contributed by atoms with E-state index in [0.29, 0.717) is 6.04 Å². The van der Waals surface area contributed by atoms with Gasteiger partial charge in [0.05, 0.1) is 16.1 Å². The smallest absolute Gasteiger partial charge is 0.348 e. The van der Waals surface area contributed by atoms with Crippen LogP contribution in [0.15, 0.2) is 18.2 Å². The molecule has 3 rings (SSSR count). The van der Waals surface area contributed by atoms with Crippen LogP contribution in [-0.2, 0) is 6.18 Å². The number of halogens is 4. The normalized spacial score (nSPS) is 23.4. The largest absolute Gasteiger partial charge is 0.416 e. The number of carbonyl (C=O) groups is 1. The SMILES string of the molecule is CN1CCC(N2CCCC(NC(=O)c3cc(C(F)(F)F)ccc3Cl)C2)CC1. The fraction of sp³-hybridized carbons (Fsp3) is 0.632. The van der Waals surface area contributed by atoms with Gasteiger partial charge in [-0.2, -0.15) is 13.2 Å². The molecule has 0 aromatic heterocycles. The summed E-state index contributed by atoms with van der Waals surface area (Å²) in [7, 11) is 2.12. The van der Waals surface area contributed by atoms with Gasteiger partial charge in [-0.3, -0.25) is 9.69 Å². The van der Waals surface area contributed by atoms with Gasteiger partial charge in [0, 0.05) is 18.6 Å². The molecule has 0 spiro atoms. The van der Waals surface area contributed by atoms with Gasteiger partial charge in [-0.05, 0) is 70.6 Å². The second-order valence-electron chi connectivity index (χ2n) is 7.53. The maximum Gasteiger partial charge on any atom is 0.416 e. The molecule has 0 aliphatic carbocycles. The standard InChI is InChI=1S/C19H25ClF3N3O/c1-25-9-6-15(7-10-25)26-8-2-3-14(12-26)24-18(27)16-11-13(19(21,22)23)4-5-17(16)20/h4-5,11,14-15H,2-3,6-10,12H2,1H3,(H,24,27). The van der Waals surface area contributed by atoms with Crippen LogP contribution in [0.25, 0.3) is 0 Å². The van der Waals surface area contributed by atoms with Crippen LogP contribution in [0.1, 0.15) is 41.6 Å². The van der Waals surface area contributed by atoms with Crippen molar-refractivity contribution < 1.29 is 18.0 Å². The van der Waals surface area contributed by atoms with E-state index in [1.807, 2.05) is 0 Å². The second kappa shape index (κ2) is 8.37. The Kier molecular flexibility index (Phi) is 6.33. The number of hydrogen-bond donors (Lipinski definition) is 1. The Bertz CT molecular complexity index is 675. The number of hydrogen-bond acceptors (Lipinski definition) is 3. The maximum atomic E-state index is 12.9. The predicted molar refractivity (Wildman–Crippen MR) is 99.0 cm³/mol. The summed E-state index contributed by atoms with van der Waals surface area (Å²) in [5.74, 6) is -0.540. The third-order valence-electron chi connectivity index (χ3n) is 5.53. The van der Waals surface area contributed by atoms with E-state index >= 15 is 0 Å². The molecule has 0 saturated carbocycles. The number of benzene rings is 1. The van der Waals surface area contributed by atoms with Crippen LogP contribution in [-0.4, -0.2) is 61.0 Å². The van der Waals surface area contributed by atoms with Gasteiger partial charge in [-0.25, -0.2) is 0 Å². The van der Waals surface area contributed by atoms with E-state index in [9.17, 15) is 18.0 Å². The highest BCUT2D eigenvalue weighted by Gasteiger charge is 2.33. The van der Waals surface area contributed by atoms with Gasteiger partial charge in [0.25, 0.3) is 5.91 Å². The number of alkyl halides is 3. The topological polar surface area (TPSA) is 35.6 Å². The van der Waals surface area contributed by atoms with E-state index in [2.05, 4.69) is 22.2 Å². The van der Waals surface area contributed by atoms with Crippen molar-refractivity contribution in [1.82, 2.24) is 15.1 Å². The summed E-state index contributed by atoms with van der Waals surface area (Å²) in [6.07, 6.45) is -0.498. The van der Waals surface area contributed by atoms with Crippen LogP contribution in [0.3, 0.4) is 0 Å². The van der Waals surface area contributed by atoms with Gasteiger partial charge in [-0.15, -0.1) is 0 Å². The Morgan fingerprint density at radius 2 is 1.89 bits per heavy atom. The first-order chi connectivity index (χ1) is 12.7. The van der Waals surface area contributed by atoms with Crippen LogP contribution in [0.2, 0.25) is 5.02 Å². The third-order valence-corrected chi connectivity index (χ3v) is 5.86. The van der Waals surface area contributed by atoms with Crippen molar-refractivity contribution in [2.75, 3.05) is 33.2 Å². The van der Waals surface area contributed by atoms with Crippen molar-refractivity contribution in [3.05, 3.63) is 34.3 Å². The molecule has 0 radical (unpaired) electrons. The zero-order valence-corrected chi connectivity index (χ0v) is 16.1. The first-order valence-electron chi connectivity index (χ1n) is 9.34. The Morgan fingerprint density at radius 3 is 2.56 bits per heavy atom. The molecule has 2 saturated heterocycles. The molecule has 1 aromatic rings. The molecule has 2 aliphatic rings. The van der Waals surface area contributed by atoms with Crippen molar-refractivity contribution in [2.45, 2.75) is 43.9 Å². The van der Waals surface area contributed by atoms with Crippen LogP contribution < -0.4 is 5.32 Å². The van der Waals surface area contributed by atoms with Crippen molar-refractivity contribution in [3.8, 4) is 0 Å². The van der Waals surface area contributed by atoms with Crippen LogP contribution in [0.4, 0.5) is 13.2 Å². The van der Waals surface area contributed by atoms with Crippen molar-refractivity contribution in [1.29, 1.82) is 0 Å². The quantitative estimate of drug-likeness (QED) is 0.836. The minimum atomic E-state index is -4.50. The summed E-state index contributed by atoms with van der Waals surface area (Å²) in [6.45, 7) is 3.87. The predicted octanol–water partition coefficient (Wildman–Crippen LogP) is 3.65. The molecule has 1 amide bonds. The Balaban J connectivity index is 1.64. The van der Waals surface area contributed by atoms with E-state index in [0.717, 1.165) is 70.1 Å². The summed E-state index contributed by atoms with van der Waals surface area (Å²) < 4.78 is 38.8. The minimum absolute atomic E-state index is 0.0310. The van der Waals surface area contributed by atoms with Gasteiger partial charge < -0.3 is 10.2 Å². The van der Waals surface area contributed by atoms with E-state index in [-0.39, 0.29) is 16.6 Å². The molecule has 2 aliphatic heterocycles. The van der Waals surface area contributed by atoms with Crippen molar-refractivity contribution in [2.24, 2.45) is 0 Å². The van der Waals surface area contributed by atoms with Crippen molar-refractivity contribution in [3.63, 3.8) is 0 Å². The summed E-state index contributed by atoms with van der Waals surface area (Å²) in [5, 5.41) is 2.92. The van der Waals surface area contributed by atoms with Gasteiger partial charge in [-0.1, -0.05) is 11.6 Å². The number of nitrogens with one attached hydrogen (secondary N) is 1. The highest BCUT2D eigenvalue weighted by Crippen LogP contribution is 2.32. The lowest BCUT2D eigenvalue weighted by atomic mass is 9.98. The second-order valence-corrected chi connectivity index (χ2v) is 7.94. The van der Waals surface area contributed by atoms with Crippen LogP contribution >= 0.6 is 11.6 Å². The molecule has 0 bridgehead atoms. The van der Waals surface area contributed by atoms with Gasteiger partial charge in [0.1, 0.15) is 0 Å². The van der Waals surface area contributed by atoms with Crippen molar-refractivity contribution >= 4 is 17.5 Å². The number of amides is 1. The third kappa shape index (κ3) is 5.15. The molecule has 1 N–H and O–H groups in total. The van der Waals surface area contributed by atoms with Crippen LogP contribution in [0.5, 0.6) is 0 Å². The Morgan fingerprint density at radius 1 is 1.19 bits per heavy atom. The molecule has 1 unspecified atom stereocenters. The Labute approximate surface area is 162 Å². The van der Waals surface area contributed by atoms with E-state index in [1.54, 1.807) is 0 Å². The number of likely N-dealkylation sites (tertiary alicyclic amines) is 2. The lowest BCUT2D eigenvalue weighted by Gasteiger charge is -2.41. The first kappa shape index (κ1) is 20.4. The fourth-order valence-electron chi connectivity index (χ4n) is 3.95. The molecule has 1 aromatic carbocycles. The van der Waals surface area contributed by atoms with Gasteiger partial charge >= 0.3 is 6.18 Å². The number of nitrogens with zero attached hydrogens (tertiary/aromatic N) is 2. The van der Waals surface area contributed by atoms with Crippen LogP contribution in [0, 0.1) is 0 Å². The fourth-order valence-corrected chi connectivity index (χ4v) is 4.16. The number of piperidine rings is 2. The zero-order valence-electron chi connectivity index (χ0n) is 15.4. The van der Waals surface area contributed by atoms with Gasteiger partial charge in [0.15, 0.2) is 0 Å². The molecule has 1 atom stereocenters. The lowest BCUT2D eigenvalue weighted by Crippen LogP contribution is -2.53. The molecule has 2 fully saturated rings. The molecule has 2 heterocycles. The molecular weight excluding hydrogens is 379 g/mol. The average Bonchev–Trinajstić information content (AvgIpc) is 2.62. The summed E-state index contributed by atoms with van der Waals surface area (Å²) in [4.78, 5) is 17.3. The molecular formula is C19H25ClF3N3O. The number of carbonyl (C=O) groups excluding carboxylic acids is 1. The summed E-state index contributed by atoms with van der Waals surface area (Å²) >= 11 is 5.98. The van der Waals surface area contributed by atoms with Gasteiger partial charge in [0.2, 0.25) is 0 Å². The zero-order chi connectivity index (χ0) is 19.6.